The summed E-state index contributed by atoms with van der Waals surface area (Å²) in [7, 11) is 0. The maximum atomic E-state index is 13.6. The maximum absolute atomic E-state index is 13.6. The van der Waals surface area contributed by atoms with Crippen molar-refractivity contribution in [2.45, 2.75) is 19.3 Å². The van der Waals surface area contributed by atoms with E-state index in [1.54, 1.807) is 36.4 Å². The summed E-state index contributed by atoms with van der Waals surface area (Å²) in [5.41, 5.74) is 10.3. The van der Waals surface area contributed by atoms with Gasteiger partial charge in [0.2, 0.25) is 5.91 Å². The number of anilines is 1. The Labute approximate surface area is 203 Å². The van der Waals surface area contributed by atoms with Gasteiger partial charge in [-0.2, -0.15) is 5.26 Å². The molecule has 0 radical (unpaired) electrons. The molecule has 1 atom stereocenters. The van der Waals surface area contributed by atoms with Crippen LogP contribution in [-0.4, -0.2) is 22.4 Å². The summed E-state index contributed by atoms with van der Waals surface area (Å²) in [6.45, 7) is 2.29. The monoisotopic (exact) mass is 465 g/mol. The van der Waals surface area contributed by atoms with E-state index >= 15 is 0 Å². The van der Waals surface area contributed by atoms with Crippen LogP contribution in [0.15, 0.2) is 78.9 Å². The molecule has 7 heteroatoms. The van der Waals surface area contributed by atoms with Crippen molar-refractivity contribution in [2.24, 2.45) is 5.73 Å². The molecule has 0 saturated carbocycles. The largest absolute Gasteiger partial charge is 0.369 e. The number of pyridine rings is 2. The average Bonchev–Trinajstić information content (AvgIpc) is 2.85. The van der Waals surface area contributed by atoms with Crippen LogP contribution in [0.4, 0.5) is 10.2 Å². The molecule has 4 aromatic rings. The summed E-state index contributed by atoms with van der Waals surface area (Å²) >= 11 is 0. The number of aryl methyl sites for hydroxylation is 1. The lowest BCUT2D eigenvalue weighted by Gasteiger charge is -2.19. The molecule has 174 valence electrons. The zero-order valence-electron chi connectivity index (χ0n) is 19.2. The van der Waals surface area contributed by atoms with Crippen LogP contribution in [0.1, 0.15) is 34.0 Å². The highest BCUT2D eigenvalue weighted by atomic mass is 19.1. The second-order valence-corrected chi connectivity index (χ2v) is 8.14. The van der Waals surface area contributed by atoms with Gasteiger partial charge >= 0.3 is 0 Å². The van der Waals surface area contributed by atoms with Crippen LogP contribution in [0.5, 0.6) is 0 Å². The van der Waals surface area contributed by atoms with Crippen LogP contribution in [0.25, 0.3) is 11.3 Å². The molecule has 0 aliphatic heterocycles. The number of nitriles is 1. The number of nitrogens with two attached hydrogens (primary N) is 1. The molecule has 0 fully saturated rings. The minimum Gasteiger partial charge on any atom is -0.369 e. The number of amides is 1. The molecule has 2 aromatic heterocycles. The highest BCUT2D eigenvalue weighted by molar-refractivity contribution is 5.87. The van der Waals surface area contributed by atoms with Crippen molar-refractivity contribution in [3.63, 3.8) is 0 Å². The number of hydrogen-bond donors (Lipinski definition) is 2. The molecular weight excluding hydrogens is 441 g/mol. The number of hydrogen-bond acceptors (Lipinski definition) is 5. The molecule has 1 amide bonds. The number of carbonyl (C=O) groups is 1. The first kappa shape index (κ1) is 23.6. The van der Waals surface area contributed by atoms with Gasteiger partial charge in [-0.15, -0.1) is 0 Å². The van der Waals surface area contributed by atoms with E-state index in [4.69, 9.17) is 10.7 Å². The average molecular weight is 466 g/mol. The standard InChI is InChI=1S/C28H24FN5O/c1-18-6-4-11-25(33-18)26(27(31)35)23-12-13-24(22-10-3-2-8-20(22)17-30)34-28(23)32-15-14-19-7-5-9-21(29)16-19/h2-13,16,26H,14-15H2,1H3,(H2,31,35)(H,32,34). The Morgan fingerprint density at radius 3 is 2.60 bits per heavy atom. The molecular formula is C28H24FN5O. The molecule has 2 heterocycles. The van der Waals surface area contributed by atoms with Crippen LogP contribution in [0, 0.1) is 24.1 Å². The molecule has 35 heavy (non-hydrogen) atoms. The Morgan fingerprint density at radius 2 is 1.86 bits per heavy atom. The van der Waals surface area contributed by atoms with E-state index in [0.717, 1.165) is 11.3 Å². The smallest absolute Gasteiger partial charge is 0.231 e. The number of rotatable bonds is 8. The molecule has 6 nitrogen and oxygen atoms in total. The highest BCUT2D eigenvalue weighted by Crippen LogP contribution is 2.32. The maximum Gasteiger partial charge on any atom is 0.231 e. The summed E-state index contributed by atoms with van der Waals surface area (Å²) < 4.78 is 13.6. The van der Waals surface area contributed by atoms with Crippen molar-refractivity contribution in [1.29, 1.82) is 5.26 Å². The lowest BCUT2D eigenvalue weighted by molar-refractivity contribution is -0.118. The van der Waals surface area contributed by atoms with E-state index in [9.17, 15) is 14.4 Å². The number of benzene rings is 2. The van der Waals surface area contributed by atoms with E-state index in [1.807, 2.05) is 37.3 Å². The highest BCUT2D eigenvalue weighted by Gasteiger charge is 2.26. The van der Waals surface area contributed by atoms with Gasteiger partial charge in [0, 0.05) is 23.4 Å². The van der Waals surface area contributed by atoms with Crippen molar-refractivity contribution in [1.82, 2.24) is 9.97 Å². The Hall–Kier alpha value is -4.57. The van der Waals surface area contributed by atoms with Gasteiger partial charge in [0.25, 0.3) is 0 Å². The first-order chi connectivity index (χ1) is 17.0. The minimum absolute atomic E-state index is 0.296. The summed E-state index contributed by atoms with van der Waals surface area (Å²) in [4.78, 5) is 21.9. The van der Waals surface area contributed by atoms with Crippen LogP contribution in [0.2, 0.25) is 0 Å². The minimum atomic E-state index is -0.820. The van der Waals surface area contributed by atoms with Crippen LogP contribution < -0.4 is 11.1 Å². The second-order valence-electron chi connectivity index (χ2n) is 8.14. The molecule has 0 spiro atoms. The Bertz CT molecular complexity index is 1410. The Morgan fingerprint density at radius 1 is 1.06 bits per heavy atom. The first-order valence-electron chi connectivity index (χ1n) is 11.2. The number of nitrogens with zero attached hydrogens (tertiary/aromatic N) is 3. The van der Waals surface area contributed by atoms with Gasteiger partial charge in [-0.1, -0.05) is 42.5 Å². The topological polar surface area (TPSA) is 105 Å². The third-order valence-electron chi connectivity index (χ3n) is 5.65. The lowest BCUT2D eigenvalue weighted by Crippen LogP contribution is -2.25. The number of aromatic nitrogens is 2. The number of primary amides is 1. The third-order valence-corrected chi connectivity index (χ3v) is 5.65. The van der Waals surface area contributed by atoms with Crippen molar-refractivity contribution in [3.05, 3.63) is 113 Å². The molecule has 0 aliphatic carbocycles. The van der Waals surface area contributed by atoms with Gasteiger partial charge in [-0.25, -0.2) is 9.37 Å². The third kappa shape index (κ3) is 5.50. The van der Waals surface area contributed by atoms with Crippen molar-refractivity contribution < 1.29 is 9.18 Å². The van der Waals surface area contributed by atoms with Gasteiger partial charge in [0.1, 0.15) is 17.6 Å². The molecule has 1 unspecified atom stereocenters. The second kappa shape index (κ2) is 10.6. The van der Waals surface area contributed by atoms with Gasteiger partial charge in [-0.05, 0) is 55.3 Å². The van der Waals surface area contributed by atoms with Crippen molar-refractivity contribution in [3.8, 4) is 17.3 Å². The zero-order chi connectivity index (χ0) is 24.8. The Kier molecular flexibility index (Phi) is 7.12. The first-order valence-corrected chi connectivity index (χ1v) is 11.2. The predicted octanol–water partition coefficient (Wildman–Crippen LogP) is 4.73. The van der Waals surface area contributed by atoms with Gasteiger partial charge in [0.15, 0.2) is 0 Å². The fraction of sp³-hybridized carbons (Fsp3) is 0.143. The van der Waals surface area contributed by atoms with E-state index in [-0.39, 0.29) is 5.82 Å². The lowest BCUT2D eigenvalue weighted by atomic mass is 9.93. The van der Waals surface area contributed by atoms with Crippen LogP contribution in [0.3, 0.4) is 0 Å². The number of nitrogens with one attached hydrogen (secondary N) is 1. The van der Waals surface area contributed by atoms with E-state index in [0.29, 0.717) is 46.9 Å². The zero-order valence-corrected chi connectivity index (χ0v) is 19.2. The van der Waals surface area contributed by atoms with Crippen LogP contribution in [-0.2, 0) is 11.2 Å². The molecule has 2 aromatic carbocycles. The normalized spacial score (nSPS) is 11.5. The van der Waals surface area contributed by atoms with Gasteiger partial charge in [-0.3, -0.25) is 9.78 Å². The van der Waals surface area contributed by atoms with Gasteiger partial charge < -0.3 is 11.1 Å². The molecule has 0 bridgehead atoms. The predicted molar refractivity (Wildman–Crippen MR) is 133 cm³/mol. The summed E-state index contributed by atoms with van der Waals surface area (Å²) in [5.74, 6) is -1.21. The molecule has 4 rings (SSSR count). The molecule has 0 aliphatic rings. The van der Waals surface area contributed by atoms with E-state index in [1.165, 1.54) is 12.1 Å². The number of carbonyl (C=O) groups excluding carboxylic acids is 1. The summed E-state index contributed by atoms with van der Waals surface area (Å²) in [6.07, 6.45) is 0.543. The Balaban J connectivity index is 1.75. The molecule has 0 saturated heterocycles. The van der Waals surface area contributed by atoms with E-state index < -0.39 is 11.8 Å². The molecule has 3 N–H and O–H groups in total. The van der Waals surface area contributed by atoms with Gasteiger partial charge in [0.05, 0.1) is 23.0 Å². The van der Waals surface area contributed by atoms with Crippen molar-refractivity contribution >= 4 is 11.7 Å². The summed E-state index contributed by atoms with van der Waals surface area (Å²) in [6, 6.07) is 24.8. The summed E-state index contributed by atoms with van der Waals surface area (Å²) in [5, 5.41) is 12.8. The van der Waals surface area contributed by atoms with E-state index in [2.05, 4.69) is 16.4 Å². The fourth-order valence-corrected chi connectivity index (χ4v) is 4.00. The fourth-order valence-electron chi connectivity index (χ4n) is 4.00. The number of halogens is 1. The van der Waals surface area contributed by atoms with Crippen LogP contribution >= 0.6 is 0 Å². The van der Waals surface area contributed by atoms with Crippen molar-refractivity contribution in [2.75, 3.05) is 11.9 Å². The quantitative estimate of drug-likeness (QED) is 0.391. The SMILES string of the molecule is Cc1cccc(C(C(N)=O)c2ccc(-c3ccccc3C#N)nc2NCCc2cccc(F)c2)n1.